The largest absolute Gasteiger partial charge is 0.457 e. The van der Waals surface area contributed by atoms with Crippen LogP contribution in [-0.4, -0.2) is 6.85 Å². The topological polar surface area (TPSA) is 15.7 Å². The van der Waals surface area contributed by atoms with E-state index >= 15 is 0 Å². The Kier molecular flexibility index (Phi) is 9.40. The van der Waals surface area contributed by atoms with E-state index in [1.807, 2.05) is 0 Å². The van der Waals surface area contributed by atoms with Crippen molar-refractivity contribution in [2.24, 2.45) is 0 Å². The van der Waals surface area contributed by atoms with Gasteiger partial charge in [0, 0.05) is 56.5 Å². The van der Waals surface area contributed by atoms with Gasteiger partial charge < -0.3 is 14.4 Å². The first-order valence-electron chi connectivity index (χ1n) is 24.4. The summed E-state index contributed by atoms with van der Waals surface area (Å²) in [4.78, 5) is 5.31. The van der Waals surface area contributed by atoms with E-state index in [0.717, 1.165) is 24.3 Å². The summed E-state index contributed by atoms with van der Waals surface area (Å²) in [7, 11) is 0. The third-order valence-corrected chi connectivity index (χ3v) is 16.1. The van der Waals surface area contributed by atoms with Gasteiger partial charge in [-0.05, 0) is 148 Å². The zero-order valence-corrected chi connectivity index (χ0v) is 40.2. The van der Waals surface area contributed by atoms with Crippen molar-refractivity contribution in [3.05, 3.63) is 220 Å². The van der Waals surface area contributed by atoms with E-state index in [2.05, 4.69) is 235 Å². The first-order chi connectivity index (χ1) is 32.3. The highest BCUT2D eigenvalue weighted by atomic mass is 16.5. The number of nitrogens with zero attached hydrogens (tertiary/aromatic N) is 2. The number of anilines is 5. The minimum Gasteiger partial charge on any atom is -0.457 e. The molecule has 1 unspecified atom stereocenters. The Balaban J connectivity index is 1.16. The van der Waals surface area contributed by atoms with Crippen LogP contribution in [0.15, 0.2) is 170 Å². The van der Waals surface area contributed by atoms with Crippen LogP contribution < -0.4 is 25.4 Å². The van der Waals surface area contributed by atoms with Gasteiger partial charge in [-0.2, -0.15) is 0 Å². The monoisotopic (exact) mass is 870 g/mol. The molecule has 1 atom stereocenters. The highest BCUT2D eigenvalue weighted by molar-refractivity contribution is 6.93. The average Bonchev–Trinajstić information content (AvgIpc) is 3.33. The third-order valence-electron chi connectivity index (χ3n) is 16.1. The van der Waals surface area contributed by atoms with Crippen LogP contribution in [0, 0.1) is 13.8 Å². The maximum Gasteiger partial charge on any atom is 0.333 e. The Labute approximate surface area is 398 Å². The number of hydrogen-bond donors (Lipinski definition) is 0. The van der Waals surface area contributed by atoms with Gasteiger partial charge in [0.15, 0.2) is 0 Å². The fraction of sp³-hybridized carbons (Fsp3) is 0.238. The normalized spacial score (nSPS) is 16.9. The second-order valence-electron chi connectivity index (χ2n) is 21.7. The summed E-state index contributed by atoms with van der Waals surface area (Å²) in [5.74, 6) is 2.02. The summed E-state index contributed by atoms with van der Waals surface area (Å²) >= 11 is 0. The number of fused-ring (bicyclic) bond motifs is 7. The lowest BCUT2D eigenvalue weighted by molar-refractivity contribution is 0.332. The van der Waals surface area contributed by atoms with Crippen molar-refractivity contribution in [1.82, 2.24) is 0 Å². The quantitative estimate of drug-likeness (QED) is 0.155. The summed E-state index contributed by atoms with van der Waals surface area (Å²) < 4.78 is 6.90. The van der Waals surface area contributed by atoms with E-state index in [-0.39, 0.29) is 29.0 Å². The van der Waals surface area contributed by atoms with Gasteiger partial charge >= 0.3 is 6.85 Å². The third kappa shape index (κ3) is 6.54. The molecule has 3 heterocycles. The molecule has 3 aliphatic heterocycles. The molecular weight excluding hydrogens is 812 g/mol. The Morgan fingerprint density at radius 2 is 1.16 bits per heavy atom. The SMILES string of the molecule is Cc1cc2c3c(c1)N(c1cc4c(cc1C)C(C)(C)CCC4(C)C)c1cc(C(Cc4ccccc4)c4ccccc4)ccc1B3N(c1ccccc1)c1cc3c(cc1-2)Oc1ccccc1C3(C)C. The molecular formula is C63H59BN2O. The van der Waals surface area contributed by atoms with Crippen molar-refractivity contribution in [2.45, 2.75) is 96.8 Å². The first-order valence-corrected chi connectivity index (χ1v) is 24.4. The van der Waals surface area contributed by atoms with E-state index in [1.54, 1.807) is 0 Å². The van der Waals surface area contributed by atoms with Crippen LogP contribution in [0.3, 0.4) is 0 Å². The fourth-order valence-electron chi connectivity index (χ4n) is 12.3. The Morgan fingerprint density at radius 1 is 0.522 bits per heavy atom. The van der Waals surface area contributed by atoms with Gasteiger partial charge in [-0.15, -0.1) is 0 Å². The second-order valence-corrected chi connectivity index (χ2v) is 21.7. The second kappa shape index (κ2) is 15.1. The standard InChI is InChI=1S/C63H59BN2O/c1-40-32-48-47-37-59-52(63(7,8)49-26-18-19-27-58(49)67-59)39-55(47)66(45-24-16-11-17-25-45)64-53-29-28-44(46(43-22-14-10-15-23-43)35-42-20-12-9-13-21-42)36-56(53)65(57(33-40)60(48)64)54-38-51-50(34-41(54)2)61(3,4)30-31-62(51,5)6/h9-29,32-34,36-39,46H,30-31,35H2,1-8H3. The van der Waals surface area contributed by atoms with E-state index in [9.17, 15) is 0 Å². The number of ether oxygens (including phenoxy) is 1. The summed E-state index contributed by atoms with van der Waals surface area (Å²) in [6, 6.07) is 64.2. The Bertz CT molecular complexity index is 3260. The van der Waals surface area contributed by atoms with Crippen LogP contribution in [0.5, 0.6) is 11.5 Å². The maximum absolute atomic E-state index is 6.90. The molecule has 0 spiro atoms. The summed E-state index contributed by atoms with van der Waals surface area (Å²) in [6.45, 7) is 19.0. The molecule has 0 fully saturated rings. The minimum absolute atomic E-state index is 0.0466. The molecule has 0 saturated carbocycles. The van der Waals surface area contributed by atoms with E-state index in [1.165, 1.54) is 107 Å². The van der Waals surface area contributed by atoms with Crippen LogP contribution >= 0.6 is 0 Å². The predicted octanol–water partition coefficient (Wildman–Crippen LogP) is 15.2. The molecule has 12 rings (SSSR count). The van der Waals surface area contributed by atoms with Gasteiger partial charge in [-0.3, -0.25) is 0 Å². The lowest BCUT2D eigenvalue weighted by Crippen LogP contribution is -2.61. The van der Waals surface area contributed by atoms with Crippen molar-refractivity contribution in [2.75, 3.05) is 9.71 Å². The molecule has 8 aromatic rings. The molecule has 8 aromatic carbocycles. The molecule has 3 nitrogen and oxygen atoms in total. The predicted molar refractivity (Wildman–Crippen MR) is 282 cm³/mol. The first kappa shape index (κ1) is 41.6. The number of aryl methyl sites for hydroxylation is 2. The fourth-order valence-corrected chi connectivity index (χ4v) is 12.3. The molecule has 0 bridgehead atoms. The molecule has 0 amide bonds. The number of benzene rings is 8. The van der Waals surface area contributed by atoms with Crippen molar-refractivity contribution in [3.63, 3.8) is 0 Å². The van der Waals surface area contributed by atoms with Crippen molar-refractivity contribution >= 4 is 46.2 Å². The van der Waals surface area contributed by atoms with Crippen LogP contribution in [-0.2, 0) is 22.7 Å². The van der Waals surface area contributed by atoms with E-state index in [4.69, 9.17) is 4.74 Å². The lowest BCUT2D eigenvalue weighted by atomic mass is 9.43. The number of para-hydroxylation sites is 2. The van der Waals surface area contributed by atoms with Crippen LogP contribution in [0.25, 0.3) is 11.1 Å². The molecule has 330 valence electrons. The van der Waals surface area contributed by atoms with Crippen molar-refractivity contribution in [1.29, 1.82) is 0 Å². The Morgan fingerprint density at radius 3 is 1.90 bits per heavy atom. The molecule has 0 N–H and O–H groups in total. The zero-order valence-electron chi connectivity index (χ0n) is 40.2. The zero-order chi connectivity index (χ0) is 46.0. The number of rotatable bonds is 6. The van der Waals surface area contributed by atoms with Gasteiger partial charge in [0.1, 0.15) is 11.5 Å². The number of hydrogen-bond acceptors (Lipinski definition) is 3. The van der Waals surface area contributed by atoms with Crippen LogP contribution in [0.4, 0.5) is 28.4 Å². The smallest absolute Gasteiger partial charge is 0.333 e. The summed E-state index contributed by atoms with van der Waals surface area (Å²) in [5.41, 5.74) is 23.0. The maximum atomic E-state index is 6.90. The molecule has 4 heteroatoms. The van der Waals surface area contributed by atoms with Gasteiger partial charge in [0.25, 0.3) is 0 Å². The van der Waals surface area contributed by atoms with E-state index in [0.29, 0.717) is 0 Å². The average molecular weight is 871 g/mol. The minimum atomic E-state index is -0.271. The molecule has 4 aliphatic rings. The van der Waals surface area contributed by atoms with E-state index < -0.39 is 0 Å². The summed E-state index contributed by atoms with van der Waals surface area (Å²) in [6.07, 6.45) is 3.25. The van der Waals surface area contributed by atoms with Gasteiger partial charge in [-0.25, -0.2) is 0 Å². The van der Waals surface area contributed by atoms with Crippen LogP contribution in [0.1, 0.15) is 110 Å². The highest BCUT2D eigenvalue weighted by Crippen LogP contribution is 2.55. The molecule has 0 aromatic heterocycles. The van der Waals surface area contributed by atoms with Crippen molar-refractivity contribution in [3.8, 4) is 22.6 Å². The van der Waals surface area contributed by atoms with Crippen LogP contribution in [0.2, 0.25) is 0 Å². The molecule has 0 saturated heterocycles. The van der Waals surface area contributed by atoms with Gasteiger partial charge in [-0.1, -0.05) is 163 Å². The van der Waals surface area contributed by atoms with Crippen molar-refractivity contribution < 1.29 is 4.74 Å². The molecule has 0 radical (unpaired) electrons. The van der Waals surface area contributed by atoms with Gasteiger partial charge in [0.05, 0.1) is 0 Å². The Hall–Kier alpha value is -6.78. The lowest BCUT2D eigenvalue weighted by Gasteiger charge is -2.48. The van der Waals surface area contributed by atoms with Gasteiger partial charge in [0.2, 0.25) is 0 Å². The highest BCUT2D eigenvalue weighted by Gasteiger charge is 2.48. The molecule has 1 aliphatic carbocycles. The summed E-state index contributed by atoms with van der Waals surface area (Å²) in [5, 5.41) is 0. The molecule has 67 heavy (non-hydrogen) atoms.